The predicted octanol–water partition coefficient (Wildman–Crippen LogP) is 2.54. The molecule has 3 amide bonds. The first-order chi connectivity index (χ1) is 8.80. The second-order valence-electron chi connectivity index (χ2n) is 4.30. The van der Waals surface area contributed by atoms with Gasteiger partial charge in [0.25, 0.3) is 0 Å². The van der Waals surface area contributed by atoms with Crippen molar-refractivity contribution >= 4 is 17.6 Å². The molecular formula is C12H11F3N2O2. The average Bonchev–Trinajstić information content (AvgIpc) is 2.26. The fourth-order valence-electron chi connectivity index (χ4n) is 1.94. The van der Waals surface area contributed by atoms with Gasteiger partial charge in [-0.2, -0.15) is 13.2 Å². The van der Waals surface area contributed by atoms with Crippen LogP contribution in [0.4, 0.5) is 23.7 Å². The summed E-state index contributed by atoms with van der Waals surface area (Å²) in [7, 11) is 0. The Morgan fingerprint density at radius 2 is 1.89 bits per heavy atom. The Morgan fingerprint density at radius 3 is 2.47 bits per heavy atom. The van der Waals surface area contributed by atoms with Gasteiger partial charge in [-0.3, -0.25) is 4.79 Å². The smallest absolute Gasteiger partial charge is 0.334 e. The van der Waals surface area contributed by atoms with Crippen LogP contribution >= 0.6 is 0 Å². The van der Waals surface area contributed by atoms with E-state index in [1.165, 1.54) is 12.1 Å². The van der Waals surface area contributed by atoms with Crippen LogP contribution in [0.5, 0.6) is 0 Å². The molecule has 0 spiro atoms. The predicted molar refractivity (Wildman–Crippen MR) is 61.5 cm³/mol. The van der Waals surface area contributed by atoms with Crippen LogP contribution < -0.4 is 10.2 Å². The Labute approximate surface area is 107 Å². The number of carbonyl (C=O) groups is 2. The van der Waals surface area contributed by atoms with Crippen LogP contribution in [0.15, 0.2) is 24.3 Å². The summed E-state index contributed by atoms with van der Waals surface area (Å²) in [6.07, 6.45) is -4.65. The van der Waals surface area contributed by atoms with Crippen molar-refractivity contribution in [1.29, 1.82) is 0 Å². The second kappa shape index (κ2) is 4.56. The molecule has 1 aliphatic heterocycles. The fourth-order valence-corrected chi connectivity index (χ4v) is 1.94. The molecule has 1 aromatic rings. The van der Waals surface area contributed by atoms with Crippen LogP contribution in [0.3, 0.4) is 0 Å². The number of nitrogens with one attached hydrogen (secondary N) is 1. The van der Waals surface area contributed by atoms with Crippen LogP contribution in [0.1, 0.15) is 18.9 Å². The number of imide groups is 1. The summed E-state index contributed by atoms with van der Waals surface area (Å²) >= 11 is 0. The number of rotatable bonds is 1. The first kappa shape index (κ1) is 13.4. The molecule has 0 aromatic heterocycles. The summed E-state index contributed by atoms with van der Waals surface area (Å²) in [6.45, 7) is 1.61. The van der Waals surface area contributed by atoms with E-state index in [0.717, 1.165) is 12.1 Å². The third-order valence-electron chi connectivity index (χ3n) is 2.75. The minimum absolute atomic E-state index is 0.0298. The van der Waals surface area contributed by atoms with Crippen LogP contribution in [0, 0.1) is 0 Å². The standard InChI is InChI=1S/C12H11F3N2O2/c1-7-6-10(18)17(11(19)16-7)9-5-3-2-4-8(9)12(13,14)15/h2-5,7H,6H2,1H3,(H,16,19). The molecule has 102 valence electrons. The highest BCUT2D eigenvalue weighted by molar-refractivity contribution is 6.16. The number of benzene rings is 1. The van der Waals surface area contributed by atoms with Gasteiger partial charge in [0.05, 0.1) is 11.3 Å². The molecule has 1 aromatic carbocycles. The third kappa shape index (κ3) is 2.54. The zero-order chi connectivity index (χ0) is 14.2. The minimum atomic E-state index is -4.62. The SMILES string of the molecule is CC1CC(=O)N(c2ccccc2C(F)(F)F)C(=O)N1. The maximum atomic E-state index is 12.9. The first-order valence-electron chi connectivity index (χ1n) is 5.60. The minimum Gasteiger partial charge on any atom is -0.334 e. The van der Waals surface area contributed by atoms with Crippen LogP contribution in [0.2, 0.25) is 0 Å². The maximum absolute atomic E-state index is 12.9. The zero-order valence-corrected chi connectivity index (χ0v) is 9.99. The van der Waals surface area contributed by atoms with Crippen molar-refractivity contribution in [3.05, 3.63) is 29.8 Å². The van der Waals surface area contributed by atoms with Crippen molar-refractivity contribution in [2.45, 2.75) is 25.6 Å². The molecule has 1 fully saturated rings. The number of amides is 3. The Bertz CT molecular complexity index is 510. The lowest BCUT2D eigenvalue weighted by Crippen LogP contribution is -2.54. The van der Waals surface area contributed by atoms with Crippen molar-refractivity contribution in [3.8, 4) is 0 Å². The molecule has 0 saturated carbocycles. The van der Waals surface area contributed by atoms with Gasteiger partial charge in [-0.15, -0.1) is 0 Å². The Kier molecular flexibility index (Phi) is 3.21. The molecule has 1 N–H and O–H groups in total. The first-order valence-corrected chi connectivity index (χ1v) is 5.60. The van der Waals surface area contributed by atoms with E-state index >= 15 is 0 Å². The quantitative estimate of drug-likeness (QED) is 0.854. The molecule has 19 heavy (non-hydrogen) atoms. The summed E-state index contributed by atoms with van der Waals surface area (Å²) in [6, 6.07) is 3.30. The van der Waals surface area contributed by atoms with Crippen molar-refractivity contribution in [2.24, 2.45) is 0 Å². The topological polar surface area (TPSA) is 49.4 Å². The molecule has 0 radical (unpaired) electrons. The van der Waals surface area contributed by atoms with Crippen LogP contribution in [0.25, 0.3) is 0 Å². The van der Waals surface area contributed by atoms with Crippen LogP contribution in [-0.4, -0.2) is 18.0 Å². The third-order valence-corrected chi connectivity index (χ3v) is 2.75. The average molecular weight is 272 g/mol. The lowest BCUT2D eigenvalue weighted by atomic mass is 10.1. The lowest BCUT2D eigenvalue weighted by Gasteiger charge is -2.31. The van der Waals surface area contributed by atoms with Crippen molar-refractivity contribution in [3.63, 3.8) is 0 Å². The Balaban J connectivity index is 2.47. The highest BCUT2D eigenvalue weighted by Crippen LogP contribution is 2.37. The summed E-state index contributed by atoms with van der Waals surface area (Å²) in [5, 5.41) is 2.44. The fraction of sp³-hybridized carbons (Fsp3) is 0.333. The Hall–Kier alpha value is -2.05. The van der Waals surface area contributed by atoms with Crippen molar-refractivity contribution in [1.82, 2.24) is 5.32 Å². The molecule has 2 rings (SSSR count). The second-order valence-corrected chi connectivity index (χ2v) is 4.30. The summed E-state index contributed by atoms with van der Waals surface area (Å²) < 4.78 is 38.6. The number of carbonyl (C=O) groups excluding carboxylic acids is 2. The number of para-hydroxylation sites is 1. The highest BCUT2D eigenvalue weighted by atomic mass is 19.4. The number of hydrogen-bond donors (Lipinski definition) is 1. The van der Waals surface area contributed by atoms with Crippen LogP contribution in [-0.2, 0) is 11.0 Å². The van der Waals surface area contributed by atoms with Gasteiger partial charge in [-0.25, -0.2) is 9.69 Å². The van der Waals surface area contributed by atoms with Gasteiger partial charge in [-0.1, -0.05) is 12.1 Å². The van der Waals surface area contributed by atoms with E-state index in [1.807, 2.05) is 0 Å². The maximum Gasteiger partial charge on any atom is 0.418 e. The largest absolute Gasteiger partial charge is 0.418 e. The van der Waals surface area contributed by atoms with Crippen molar-refractivity contribution in [2.75, 3.05) is 4.90 Å². The number of nitrogens with zero attached hydrogens (tertiary/aromatic N) is 1. The molecule has 1 aliphatic rings. The van der Waals surface area contributed by atoms with E-state index in [2.05, 4.69) is 5.32 Å². The number of alkyl halides is 3. The molecule has 4 nitrogen and oxygen atoms in total. The lowest BCUT2D eigenvalue weighted by molar-refractivity contribution is -0.137. The molecule has 1 atom stereocenters. The van der Waals surface area contributed by atoms with Crippen molar-refractivity contribution < 1.29 is 22.8 Å². The molecule has 1 saturated heterocycles. The van der Waals surface area contributed by atoms with E-state index in [9.17, 15) is 22.8 Å². The number of halogens is 3. The molecule has 1 heterocycles. The highest BCUT2D eigenvalue weighted by Gasteiger charge is 2.39. The van der Waals surface area contributed by atoms with Gasteiger partial charge in [0, 0.05) is 12.5 Å². The van der Waals surface area contributed by atoms with Gasteiger partial charge in [0.2, 0.25) is 5.91 Å². The normalized spacial score (nSPS) is 20.4. The molecular weight excluding hydrogens is 261 g/mol. The molecule has 1 unspecified atom stereocenters. The van der Waals surface area contributed by atoms with Gasteiger partial charge >= 0.3 is 12.2 Å². The number of anilines is 1. The van der Waals surface area contributed by atoms with Gasteiger partial charge in [-0.05, 0) is 19.1 Å². The molecule has 0 aliphatic carbocycles. The van der Waals surface area contributed by atoms with Gasteiger partial charge < -0.3 is 5.32 Å². The van der Waals surface area contributed by atoms with Gasteiger partial charge in [0.15, 0.2) is 0 Å². The van der Waals surface area contributed by atoms with Gasteiger partial charge in [0.1, 0.15) is 0 Å². The zero-order valence-electron chi connectivity index (χ0n) is 9.99. The van der Waals surface area contributed by atoms with E-state index in [0.29, 0.717) is 4.90 Å². The molecule has 7 heteroatoms. The summed E-state index contributed by atoms with van der Waals surface area (Å²) in [5.41, 5.74) is -1.45. The van der Waals surface area contributed by atoms with E-state index in [4.69, 9.17) is 0 Å². The van der Waals surface area contributed by atoms with E-state index < -0.39 is 29.4 Å². The monoisotopic (exact) mass is 272 g/mol. The number of urea groups is 1. The summed E-state index contributed by atoms with van der Waals surface area (Å²) in [5.74, 6) is -0.645. The van der Waals surface area contributed by atoms with E-state index in [-0.39, 0.29) is 12.5 Å². The summed E-state index contributed by atoms with van der Waals surface area (Å²) in [4.78, 5) is 24.1. The molecule has 0 bridgehead atoms. The van der Waals surface area contributed by atoms with E-state index in [1.54, 1.807) is 6.92 Å². The number of hydrogen-bond acceptors (Lipinski definition) is 2. The Morgan fingerprint density at radius 1 is 1.26 bits per heavy atom.